The van der Waals surface area contributed by atoms with E-state index in [-0.39, 0.29) is 36.5 Å². The molecule has 1 fully saturated rings. The van der Waals surface area contributed by atoms with Crippen molar-refractivity contribution in [1.82, 2.24) is 9.97 Å². The molecule has 2 atom stereocenters. The second-order valence-corrected chi connectivity index (χ2v) is 13.7. The first-order valence-electron chi connectivity index (χ1n) is 14.9. The first kappa shape index (κ1) is 34.9. The van der Waals surface area contributed by atoms with Crippen LogP contribution < -0.4 is 9.46 Å². The van der Waals surface area contributed by atoms with Crippen molar-refractivity contribution in [3.05, 3.63) is 65.2 Å². The number of hydrogen-bond acceptors (Lipinski definition) is 7. The van der Waals surface area contributed by atoms with Gasteiger partial charge in [0.15, 0.2) is 0 Å². The van der Waals surface area contributed by atoms with E-state index in [1.807, 2.05) is 6.07 Å². The Morgan fingerprint density at radius 3 is 2.31 bits per heavy atom. The van der Waals surface area contributed by atoms with Gasteiger partial charge < -0.3 is 14.9 Å². The summed E-state index contributed by atoms with van der Waals surface area (Å²) in [6.45, 7) is 12.2. The second-order valence-electron chi connectivity index (χ2n) is 12.9. The summed E-state index contributed by atoms with van der Waals surface area (Å²) in [4.78, 5) is 10.8. The smallest absolute Gasteiger partial charge is 0.237 e. The number of rotatable bonds is 6. The minimum atomic E-state index is 0. The SMILES string of the molecule is CO.Cc1cccc(C)c1-c1cc2nc(n1)NSc1cccc(c1)C(CCC1CC(CO)C1)C(CC(C)(C)C)CO2.[U]. The van der Waals surface area contributed by atoms with Crippen LogP contribution in [0, 0.1) is 68.1 Å². The summed E-state index contributed by atoms with van der Waals surface area (Å²) in [6, 6.07) is 17.3. The Kier molecular flexibility index (Phi) is 13.3. The third-order valence-electron chi connectivity index (χ3n) is 8.35. The number of ether oxygens (including phenoxy) is 1. The van der Waals surface area contributed by atoms with Crippen LogP contribution in [-0.4, -0.2) is 40.5 Å². The number of aliphatic hydroxyl groups excluding tert-OH is 2. The molecule has 0 amide bonds. The van der Waals surface area contributed by atoms with Gasteiger partial charge in [-0.25, -0.2) is 4.98 Å². The molecule has 0 spiro atoms. The molecule has 1 aliphatic heterocycles. The standard InChI is InChI=1S/C33H43N3O2S.CH4O.U/c1-21-8-6-9-22(2)31(21)29-17-30-35-32(34-29)36-39-27-11-7-10-25(16-27)28(13-12-23-14-24(15-23)19-37)26(20-38-30)18-33(3,4)5;1-2;/h6-11,16-17,23-24,26,28,37H,12-15,18-20H2,1-5H3,(H,34,35,36);2H,1H3;. The minimum Gasteiger partial charge on any atom is -0.477 e. The zero-order valence-electron chi connectivity index (χ0n) is 26.0. The van der Waals surface area contributed by atoms with Crippen molar-refractivity contribution in [2.24, 2.45) is 23.2 Å². The molecule has 4 bridgehead atoms. The van der Waals surface area contributed by atoms with Crippen molar-refractivity contribution >= 4 is 17.9 Å². The van der Waals surface area contributed by atoms with Crippen molar-refractivity contribution in [3.8, 4) is 17.1 Å². The number of aromatic nitrogens is 2. The second kappa shape index (κ2) is 16.0. The summed E-state index contributed by atoms with van der Waals surface area (Å²) >= 11 is 1.56. The first-order chi connectivity index (χ1) is 19.7. The maximum absolute atomic E-state index is 9.50. The topological polar surface area (TPSA) is 87.5 Å². The molecule has 1 aliphatic carbocycles. The van der Waals surface area contributed by atoms with Gasteiger partial charge in [-0.15, -0.1) is 0 Å². The summed E-state index contributed by atoms with van der Waals surface area (Å²) in [5, 5.41) is 16.5. The van der Waals surface area contributed by atoms with Crippen molar-refractivity contribution in [2.45, 2.75) is 77.5 Å². The van der Waals surface area contributed by atoms with E-state index in [1.165, 1.54) is 28.0 Å². The van der Waals surface area contributed by atoms with Crippen LogP contribution in [-0.2, 0) is 0 Å². The number of nitrogens with one attached hydrogen (secondary N) is 1. The zero-order chi connectivity index (χ0) is 29.6. The zero-order valence-corrected chi connectivity index (χ0v) is 31.0. The van der Waals surface area contributed by atoms with E-state index in [9.17, 15) is 5.11 Å². The van der Waals surface area contributed by atoms with Crippen LogP contribution in [0.3, 0.4) is 0 Å². The Labute approximate surface area is 280 Å². The van der Waals surface area contributed by atoms with E-state index in [2.05, 4.69) is 81.8 Å². The van der Waals surface area contributed by atoms with E-state index in [1.54, 1.807) is 11.9 Å². The minimum absolute atomic E-state index is 0. The number of benzene rings is 2. The van der Waals surface area contributed by atoms with Gasteiger partial charge in [0.1, 0.15) is 0 Å². The predicted octanol–water partition coefficient (Wildman–Crippen LogP) is 7.82. The fourth-order valence-corrected chi connectivity index (χ4v) is 7.09. The van der Waals surface area contributed by atoms with Crippen molar-refractivity contribution in [3.63, 3.8) is 0 Å². The molecule has 42 heavy (non-hydrogen) atoms. The predicted molar refractivity (Wildman–Crippen MR) is 169 cm³/mol. The molecule has 1 saturated carbocycles. The molecule has 3 aromatic rings. The van der Waals surface area contributed by atoms with E-state index < -0.39 is 0 Å². The van der Waals surface area contributed by atoms with Crippen LogP contribution in [0.1, 0.15) is 75.5 Å². The van der Waals surface area contributed by atoms with Crippen LogP contribution in [0.2, 0.25) is 0 Å². The van der Waals surface area contributed by atoms with Crippen LogP contribution in [0.4, 0.5) is 5.95 Å². The fourth-order valence-electron chi connectivity index (χ4n) is 6.45. The average molecular weight is 816 g/mol. The molecule has 5 rings (SSSR count). The van der Waals surface area contributed by atoms with Gasteiger partial charge in [-0.3, -0.25) is 4.72 Å². The van der Waals surface area contributed by atoms with Crippen molar-refractivity contribution < 1.29 is 46.1 Å². The third kappa shape index (κ3) is 9.22. The summed E-state index contributed by atoms with van der Waals surface area (Å²) in [5.41, 5.74) is 5.97. The number of fused-ring (bicyclic) bond motifs is 4. The molecule has 2 aromatic carbocycles. The van der Waals surface area contributed by atoms with E-state index >= 15 is 0 Å². The van der Waals surface area contributed by atoms with Gasteiger partial charge >= 0.3 is 0 Å². The normalized spacial score (nSPS) is 21.5. The van der Waals surface area contributed by atoms with Crippen molar-refractivity contribution in [2.75, 3.05) is 25.0 Å². The van der Waals surface area contributed by atoms with E-state index in [4.69, 9.17) is 19.8 Å². The molecule has 3 N–H and O–H groups in total. The van der Waals surface area contributed by atoms with Gasteiger partial charge in [-0.1, -0.05) is 51.1 Å². The molecule has 6 nitrogen and oxygen atoms in total. The number of nitrogens with zero attached hydrogens (tertiary/aromatic N) is 2. The van der Waals surface area contributed by atoms with Crippen LogP contribution in [0.15, 0.2) is 53.4 Å². The largest absolute Gasteiger partial charge is 0.477 e. The van der Waals surface area contributed by atoms with Crippen molar-refractivity contribution in [1.29, 1.82) is 0 Å². The molecule has 0 saturated heterocycles. The van der Waals surface area contributed by atoms with E-state index in [0.29, 0.717) is 42.8 Å². The maximum Gasteiger partial charge on any atom is 0.237 e. The van der Waals surface area contributed by atoms with Crippen LogP contribution in [0.25, 0.3) is 11.3 Å². The Morgan fingerprint density at radius 2 is 1.64 bits per heavy atom. The molecule has 1 aromatic heterocycles. The Hall–Kier alpha value is -1.56. The van der Waals surface area contributed by atoms with Crippen LogP contribution >= 0.6 is 11.9 Å². The van der Waals surface area contributed by atoms with Gasteiger partial charge in [0, 0.05) is 67.3 Å². The third-order valence-corrected chi connectivity index (χ3v) is 9.13. The number of aryl methyl sites for hydroxylation is 2. The molecular weight excluding hydrogens is 768 g/mol. The molecule has 2 heterocycles. The summed E-state index contributed by atoms with van der Waals surface area (Å²) in [6.07, 6.45) is 5.73. The molecule has 0 radical (unpaired) electrons. The average Bonchev–Trinajstić information content (AvgIpc) is 2.91. The molecule has 2 unspecified atom stereocenters. The van der Waals surface area contributed by atoms with E-state index in [0.717, 1.165) is 50.0 Å². The Balaban J connectivity index is 0.00000158. The quantitative estimate of drug-likeness (QED) is 0.219. The summed E-state index contributed by atoms with van der Waals surface area (Å²) in [5.74, 6) is 3.17. The molecule has 8 heteroatoms. The van der Waals surface area contributed by atoms with Gasteiger partial charge in [-0.05, 0) is 110 Å². The number of hydrogen-bond donors (Lipinski definition) is 3. The van der Waals surface area contributed by atoms with Gasteiger partial charge in [-0.2, -0.15) is 4.98 Å². The molecule has 2 aliphatic rings. The Morgan fingerprint density at radius 1 is 0.952 bits per heavy atom. The number of aliphatic hydroxyl groups is 2. The van der Waals surface area contributed by atoms with Gasteiger partial charge in [0.2, 0.25) is 11.8 Å². The maximum atomic E-state index is 9.50. The van der Waals surface area contributed by atoms with Gasteiger partial charge in [0.25, 0.3) is 0 Å². The first-order valence-corrected chi connectivity index (χ1v) is 15.7. The monoisotopic (exact) mass is 815 g/mol. The number of anilines is 1. The molecule has 226 valence electrons. The van der Waals surface area contributed by atoms with Gasteiger partial charge in [0.05, 0.1) is 12.3 Å². The summed E-state index contributed by atoms with van der Waals surface area (Å²) in [7, 11) is 1.00. The summed E-state index contributed by atoms with van der Waals surface area (Å²) < 4.78 is 9.96. The fraction of sp³-hybridized carbons (Fsp3) is 0.529. The molecular formula is C34H47N3O3SU. The Bertz CT molecular complexity index is 1270. The van der Waals surface area contributed by atoms with Crippen LogP contribution in [0.5, 0.6) is 5.88 Å².